The van der Waals surface area contributed by atoms with Gasteiger partial charge in [-0.15, -0.1) is 0 Å². The molecule has 4 nitrogen and oxygen atoms in total. The van der Waals surface area contributed by atoms with Crippen molar-refractivity contribution in [2.24, 2.45) is 5.92 Å². The van der Waals surface area contributed by atoms with E-state index in [4.69, 9.17) is 0 Å². The zero-order valence-corrected chi connectivity index (χ0v) is 13.6. The Morgan fingerprint density at radius 2 is 2.00 bits per heavy atom. The molecule has 0 saturated carbocycles. The maximum atomic E-state index is 12.8. The molecule has 23 heavy (non-hydrogen) atoms. The van der Waals surface area contributed by atoms with E-state index in [9.17, 15) is 4.79 Å². The van der Waals surface area contributed by atoms with Gasteiger partial charge in [-0.05, 0) is 37.1 Å². The van der Waals surface area contributed by atoms with Gasteiger partial charge in [-0.25, -0.2) is 4.98 Å². The summed E-state index contributed by atoms with van der Waals surface area (Å²) >= 11 is 0. The Hall–Kier alpha value is -2.20. The van der Waals surface area contributed by atoms with Crippen LogP contribution in [-0.4, -0.2) is 35.9 Å². The molecule has 1 atom stereocenters. The average Bonchev–Trinajstić information content (AvgIpc) is 2.62. The van der Waals surface area contributed by atoms with Crippen molar-refractivity contribution < 1.29 is 4.79 Å². The van der Waals surface area contributed by atoms with Gasteiger partial charge in [0.25, 0.3) is 0 Å². The standard InChI is InChI=1S/C19H23N3O/c1-21(18-11-5-6-12-20-18)19(23)17-10-7-13-22(15-17)14-16-8-3-2-4-9-16/h2-6,8-9,11-12,17H,7,10,13-15H2,1H3. The Bertz CT molecular complexity index is 630. The van der Waals surface area contributed by atoms with E-state index in [1.54, 1.807) is 11.1 Å². The summed E-state index contributed by atoms with van der Waals surface area (Å²) in [5, 5.41) is 0. The van der Waals surface area contributed by atoms with Crippen molar-refractivity contribution >= 4 is 11.7 Å². The lowest BCUT2D eigenvalue weighted by Crippen LogP contribution is -2.43. The van der Waals surface area contributed by atoms with Gasteiger partial charge in [0, 0.05) is 26.3 Å². The van der Waals surface area contributed by atoms with Crippen LogP contribution in [0.5, 0.6) is 0 Å². The van der Waals surface area contributed by atoms with Gasteiger partial charge in [-0.3, -0.25) is 14.6 Å². The molecule has 2 heterocycles. The number of piperidine rings is 1. The zero-order valence-electron chi connectivity index (χ0n) is 13.6. The number of benzene rings is 1. The summed E-state index contributed by atoms with van der Waals surface area (Å²) in [5.74, 6) is 0.943. The van der Waals surface area contributed by atoms with Gasteiger partial charge in [-0.2, -0.15) is 0 Å². The Morgan fingerprint density at radius 3 is 2.74 bits per heavy atom. The van der Waals surface area contributed by atoms with Crippen LogP contribution in [0.1, 0.15) is 18.4 Å². The normalized spacial score (nSPS) is 18.6. The molecule has 0 radical (unpaired) electrons. The summed E-state index contributed by atoms with van der Waals surface area (Å²) in [7, 11) is 1.82. The molecule has 1 amide bonds. The van der Waals surface area contributed by atoms with E-state index < -0.39 is 0 Å². The maximum absolute atomic E-state index is 12.8. The Morgan fingerprint density at radius 1 is 1.22 bits per heavy atom. The molecule has 1 aliphatic rings. The summed E-state index contributed by atoms with van der Waals surface area (Å²) in [6.07, 6.45) is 3.75. The van der Waals surface area contributed by atoms with Crippen molar-refractivity contribution in [3.05, 3.63) is 60.3 Å². The van der Waals surface area contributed by atoms with Crippen molar-refractivity contribution in [3.63, 3.8) is 0 Å². The molecule has 0 spiro atoms. The van der Waals surface area contributed by atoms with Crippen LogP contribution >= 0.6 is 0 Å². The van der Waals surface area contributed by atoms with Crippen molar-refractivity contribution in [2.45, 2.75) is 19.4 Å². The van der Waals surface area contributed by atoms with Gasteiger partial charge in [-0.1, -0.05) is 36.4 Å². The van der Waals surface area contributed by atoms with E-state index in [2.05, 4.69) is 34.1 Å². The van der Waals surface area contributed by atoms with Crippen LogP contribution in [0, 0.1) is 5.92 Å². The SMILES string of the molecule is CN(C(=O)C1CCCN(Cc2ccccc2)C1)c1ccccn1. The van der Waals surface area contributed by atoms with Gasteiger partial charge in [0.05, 0.1) is 5.92 Å². The van der Waals surface area contributed by atoms with E-state index in [1.807, 2.05) is 31.3 Å². The number of anilines is 1. The molecule has 0 aliphatic carbocycles. The minimum absolute atomic E-state index is 0.0551. The first-order chi connectivity index (χ1) is 11.2. The fourth-order valence-corrected chi connectivity index (χ4v) is 3.18. The summed E-state index contributed by atoms with van der Waals surface area (Å²) in [5.41, 5.74) is 1.30. The number of carbonyl (C=O) groups excluding carboxylic acids is 1. The van der Waals surface area contributed by atoms with Crippen LogP contribution in [0.4, 0.5) is 5.82 Å². The number of hydrogen-bond donors (Lipinski definition) is 0. The van der Waals surface area contributed by atoms with E-state index in [-0.39, 0.29) is 11.8 Å². The quantitative estimate of drug-likeness (QED) is 0.871. The Kier molecular flexibility index (Phi) is 5.03. The van der Waals surface area contributed by atoms with Gasteiger partial charge in [0.2, 0.25) is 5.91 Å². The number of hydrogen-bond acceptors (Lipinski definition) is 3. The molecule has 1 fully saturated rings. The van der Waals surface area contributed by atoms with E-state index in [0.717, 1.165) is 38.3 Å². The number of pyridine rings is 1. The lowest BCUT2D eigenvalue weighted by Gasteiger charge is -2.33. The molecular weight excluding hydrogens is 286 g/mol. The predicted octanol–water partition coefficient (Wildman–Crippen LogP) is 2.96. The molecule has 1 unspecified atom stereocenters. The van der Waals surface area contributed by atoms with Gasteiger partial charge in [0.1, 0.15) is 5.82 Å². The highest BCUT2D eigenvalue weighted by molar-refractivity contribution is 5.93. The van der Waals surface area contributed by atoms with Crippen LogP contribution in [0.2, 0.25) is 0 Å². The Labute approximate surface area is 137 Å². The van der Waals surface area contributed by atoms with Crippen LogP contribution in [0.25, 0.3) is 0 Å². The molecule has 120 valence electrons. The van der Waals surface area contributed by atoms with Crippen LogP contribution in [0.3, 0.4) is 0 Å². The van der Waals surface area contributed by atoms with Crippen LogP contribution in [-0.2, 0) is 11.3 Å². The Balaban J connectivity index is 1.63. The molecule has 1 aromatic carbocycles. The first-order valence-corrected chi connectivity index (χ1v) is 8.19. The monoisotopic (exact) mass is 309 g/mol. The lowest BCUT2D eigenvalue weighted by molar-refractivity contribution is -0.123. The third-order valence-electron chi connectivity index (χ3n) is 4.43. The number of aromatic nitrogens is 1. The minimum Gasteiger partial charge on any atom is -0.300 e. The summed E-state index contributed by atoms with van der Waals surface area (Å²) in [6, 6.07) is 16.1. The number of rotatable bonds is 4. The second-order valence-electron chi connectivity index (χ2n) is 6.15. The van der Waals surface area contributed by atoms with Crippen molar-refractivity contribution in [1.82, 2.24) is 9.88 Å². The van der Waals surface area contributed by atoms with Crippen LogP contribution in [0.15, 0.2) is 54.7 Å². The smallest absolute Gasteiger partial charge is 0.232 e. The third-order valence-corrected chi connectivity index (χ3v) is 4.43. The zero-order chi connectivity index (χ0) is 16.1. The third kappa shape index (κ3) is 3.96. The fourth-order valence-electron chi connectivity index (χ4n) is 3.18. The van der Waals surface area contributed by atoms with E-state index in [0.29, 0.717) is 0 Å². The molecule has 0 bridgehead atoms. The van der Waals surface area contributed by atoms with Gasteiger partial charge >= 0.3 is 0 Å². The maximum Gasteiger partial charge on any atom is 0.232 e. The van der Waals surface area contributed by atoms with Gasteiger partial charge in [0.15, 0.2) is 0 Å². The molecule has 1 aromatic heterocycles. The first-order valence-electron chi connectivity index (χ1n) is 8.19. The molecule has 3 rings (SSSR count). The number of carbonyl (C=O) groups is 1. The number of nitrogens with zero attached hydrogens (tertiary/aromatic N) is 3. The lowest BCUT2D eigenvalue weighted by atomic mass is 9.96. The minimum atomic E-state index is 0.0551. The largest absolute Gasteiger partial charge is 0.300 e. The van der Waals surface area contributed by atoms with Gasteiger partial charge < -0.3 is 0 Å². The summed E-state index contributed by atoms with van der Waals surface area (Å²) in [4.78, 5) is 21.1. The number of amides is 1. The van der Waals surface area contributed by atoms with E-state index >= 15 is 0 Å². The molecule has 0 N–H and O–H groups in total. The highest BCUT2D eigenvalue weighted by Crippen LogP contribution is 2.22. The molecule has 4 heteroatoms. The summed E-state index contributed by atoms with van der Waals surface area (Å²) < 4.78 is 0. The van der Waals surface area contributed by atoms with E-state index in [1.165, 1.54) is 5.56 Å². The molecule has 1 saturated heterocycles. The highest BCUT2D eigenvalue weighted by atomic mass is 16.2. The number of likely N-dealkylation sites (tertiary alicyclic amines) is 1. The van der Waals surface area contributed by atoms with Crippen LogP contribution < -0.4 is 4.90 Å². The predicted molar refractivity (Wildman–Crippen MR) is 92.1 cm³/mol. The average molecular weight is 309 g/mol. The second kappa shape index (κ2) is 7.38. The fraction of sp³-hybridized carbons (Fsp3) is 0.368. The molecule has 1 aliphatic heterocycles. The first kappa shape index (κ1) is 15.7. The topological polar surface area (TPSA) is 36.4 Å². The molecule has 2 aromatic rings. The van der Waals surface area contributed by atoms with Crippen molar-refractivity contribution in [1.29, 1.82) is 0 Å². The highest BCUT2D eigenvalue weighted by Gasteiger charge is 2.28. The molecular formula is C19H23N3O. The second-order valence-corrected chi connectivity index (χ2v) is 6.15. The van der Waals surface area contributed by atoms with Crippen molar-refractivity contribution in [2.75, 3.05) is 25.0 Å². The summed E-state index contributed by atoms with van der Waals surface area (Å²) in [6.45, 7) is 2.80. The van der Waals surface area contributed by atoms with Crippen molar-refractivity contribution in [3.8, 4) is 0 Å².